The Bertz CT molecular complexity index is 1400. The number of aromatic nitrogens is 2. The summed E-state index contributed by atoms with van der Waals surface area (Å²) in [5, 5.41) is 2.86. The first-order valence-electron chi connectivity index (χ1n) is 10.4. The molecule has 2 aromatic carbocycles. The maximum Gasteiger partial charge on any atom is 0.263 e. The third-order valence-corrected chi connectivity index (χ3v) is 7.09. The topological polar surface area (TPSA) is 98.3 Å². The molecule has 10 heteroatoms. The summed E-state index contributed by atoms with van der Waals surface area (Å²) in [5.41, 5.74) is 7.28. The van der Waals surface area contributed by atoms with Crippen LogP contribution in [-0.2, 0) is 16.6 Å². The number of thioether (sulfide) groups is 1. The van der Waals surface area contributed by atoms with E-state index in [0.717, 1.165) is 22.9 Å². The SMILES string of the molecule is Cn1c(SCC(=O)N(CCC(N)=O)c2ccc(F)cc2)nc2scc(-c3ccccc3)c2c1=O. The van der Waals surface area contributed by atoms with Gasteiger partial charge in [0.1, 0.15) is 10.6 Å². The van der Waals surface area contributed by atoms with Crippen LogP contribution in [0.2, 0.25) is 0 Å². The number of thiophene rings is 1. The van der Waals surface area contributed by atoms with Gasteiger partial charge in [-0.05, 0) is 29.8 Å². The van der Waals surface area contributed by atoms with Crippen LogP contribution in [0.5, 0.6) is 0 Å². The summed E-state index contributed by atoms with van der Waals surface area (Å²) in [7, 11) is 1.62. The number of nitrogens with zero attached hydrogens (tertiary/aromatic N) is 3. The fourth-order valence-electron chi connectivity index (χ4n) is 3.46. The second kappa shape index (κ2) is 10.2. The largest absolute Gasteiger partial charge is 0.370 e. The second-order valence-electron chi connectivity index (χ2n) is 7.48. The van der Waals surface area contributed by atoms with Gasteiger partial charge in [0.05, 0.1) is 11.1 Å². The predicted molar refractivity (Wildman–Crippen MR) is 134 cm³/mol. The van der Waals surface area contributed by atoms with Crippen molar-refractivity contribution in [2.75, 3.05) is 17.2 Å². The summed E-state index contributed by atoms with van der Waals surface area (Å²) >= 11 is 2.50. The van der Waals surface area contributed by atoms with Gasteiger partial charge in [-0.25, -0.2) is 9.37 Å². The number of benzene rings is 2. The van der Waals surface area contributed by atoms with Crippen molar-refractivity contribution < 1.29 is 14.0 Å². The van der Waals surface area contributed by atoms with Crippen LogP contribution in [0.15, 0.2) is 69.9 Å². The van der Waals surface area contributed by atoms with E-state index in [2.05, 4.69) is 4.98 Å². The summed E-state index contributed by atoms with van der Waals surface area (Å²) in [6, 6.07) is 15.1. The molecular formula is C24H21FN4O3S2. The fourth-order valence-corrected chi connectivity index (χ4v) is 5.29. The molecule has 0 bridgehead atoms. The lowest BCUT2D eigenvalue weighted by Crippen LogP contribution is -2.35. The number of anilines is 1. The Morgan fingerprint density at radius 3 is 2.53 bits per heavy atom. The van der Waals surface area contributed by atoms with Crippen LogP contribution in [0.4, 0.5) is 10.1 Å². The van der Waals surface area contributed by atoms with E-state index in [9.17, 15) is 18.8 Å². The highest BCUT2D eigenvalue weighted by molar-refractivity contribution is 7.99. The van der Waals surface area contributed by atoms with Gasteiger partial charge in [0, 0.05) is 36.6 Å². The van der Waals surface area contributed by atoms with E-state index in [0.29, 0.717) is 21.1 Å². The van der Waals surface area contributed by atoms with Crippen molar-refractivity contribution in [2.24, 2.45) is 12.8 Å². The van der Waals surface area contributed by atoms with E-state index in [4.69, 9.17) is 5.73 Å². The molecule has 2 aromatic heterocycles. The first-order valence-corrected chi connectivity index (χ1v) is 12.2. The quantitative estimate of drug-likeness (QED) is 0.296. The van der Waals surface area contributed by atoms with Crippen LogP contribution in [0, 0.1) is 5.82 Å². The standard InChI is InChI=1S/C24H21FN4O3S2/c1-28-23(32)21-18(15-5-3-2-4-6-15)13-33-22(21)27-24(28)34-14-20(31)29(12-11-19(26)30)17-9-7-16(25)8-10-17/h2-10,13H,11-12,14H2,1H3,(H2,26,30). The number of hydrogen-bond donors (Lipinski definition) is 1. The lowest BCUT2D eigenvalue weighted by molar-refractivity contribution is -0.118. The zero-order chi connectivity index (χ0) is 24.2. The lowest BCUT2D eigenvalue weighted by Gasteiger charge is -2.22. The lowest BCUT2D eigenvalue weighted by atomic mass is 10.1. The number of rotatable bonds is 8. The molecule has 0 aliphatic heterocycles. The summed E-state index contributed by atoms with van der Waals surface area (Å²) in [6.45, 7) is 0.0666. The number of nitrogens with two attached hydrogens (primary N) is 1. The van der Waals surface area contributed by atoms with Crippen LogP contribution in [0.1, 0.15) is 6.42 Å². The van der Waals surface area contributed by atoms with E-state index in [1.807, 2.05) is 35.7 Å². The van der Waals surface area contributed by atoms with Gasteiger partial charge in [0.25, 0.3) is 5.56 Å². The van der Waals surface area contributed by atoms with E-state index < -0.39 is 11.7 Å². The molecule has 0 aliphatic rings. The fraction of sp³-hybridized carbons (Fsp3) is 0.167. The number of amides is 2. The van der Waals surface area contributed by atoms with Gasteiger partial charge in [-0.1, -0.05) is 42.1 Å². The van der Waals surface area contributed by atoms with Crippen LogP contribution in [0.25, 0.3) is 21.3 Å². The summed E-state index contributed by atoms with van der Waals surface area (Å²) < 4.78 is 14.8. The van der Waals surface area contributed by atoms with E-state index in [1.54, 1.807) is 7.05 Å². The van der Waals surface area contributed by atoms with Crippen LogP contribution >= 0.6 is 23.1 Å². The molecule has 2 heterocycles. The molecule has 0 radical (unpaired) electrons. The highest BCUT2D eigenvalue weighted by atomic mass is 32.2. The van der Waals surface area contributed by atoms with Crippen molar-refractivity contribution in [2.45, 2.75) is 11.6 Å². The molecule has 174 valence electrons. The number of carbonyl (C=O) groups excluding carboxylic acids is 2. The van der Waals surface area contributed by atoms with Gasteiger partial charge < -0.3 is 10.6 Å². The van der Waals surface area contributed by atoms with Gasteiger partial charge in [0.2, 0.25) is 11.8 Å². The first kappa shape index (κ1) is 23.7. The summed E-state index contributed by atoms with van der Waals surface area (Å²) in [6.07, 6.45) is -0.0338. The van der Waals surface area contributed by atoms with Crippen LogP contribution < -0.4 is 16.2 Å². The van der Waals surface area contributed by atoms with Gasteiger partial charge in [0.15, 0.2) is 5.16 Å². The first-order chi connectivity index (χ1) is 16.3. The maximum absolute atomic E-state index is 13.3. The van der Waals surface area contributed by atoms with E-state index in [-0.39, 0.29) is 30.2 Å². The predicted octanol–water partition coefficient (Wildman–Crippen LogP) is 3.80. The van der Waals surface area contributed by atoms with Crippen LogP contribution in [0.3, 0.4) is 0 Å². The maximum atomic E-state index is 13.3. The van der Waals surface area contributed by atoms with Gasteiger partial charge in [-0.3, -0.25) is 19.0 Å². The minimum atomic E-state index is -0.547. The average Bonchev–Trinajstić information content (AvgIpc) is 3.26. The van der Waals surface area contributed by atoms with Crippen LogP contribution in [-0.4, -0.2) is 33.7 Å². The minimum absolute atomic E-state index is 0.0289. The zero-order valence-corrected chi connectivity index (χ0v) is 19.9. The Labute approximate surface area is 203 Å². The molecule has 0 aliphatic carbocycles. The normalized spacial score (nSPS) is 11.0. The highest BCUT2D eigenvalue weighted by Gasteiger charge is 2.20. The van der Waals surface area contributed by atoms with E-state index in [1.165, 1.54) is 45.1 Å². The molecule has 0 saturated carbocycles. The molecule has 4 rings (SSSR count). The molecule has 0 fully saturated rings. The van der Waals surface area contributed by atoms with Crippen molar-refractivity contribution in [3.63, 3.8) is 0 Å². The smallest absolute Gasteiger partial charge is 0.263 e. The Balaban J connectivity index is 1.58. The van der Waals surface area contributed by atoms with Crippen molar-refractivity contribution in [1.29, 1.82) is 0 Å². The number of primary amides is 1. The highest BCUT2D eigenvalue weighted by Crippen LogP contribution is 2.32. The molecule has 0 spiro atoms. The Kier molecular flexibility index (Phi) is 7.09. The van der Waals surface area contributed by atoms with Gasteiger partial charge in [-0.15, -0.1) is 11.3 Å². The molecular weight excluding hydrogens is 475 g/mol. The molecule has 0 saturated heterocycles. The minimum Gasteiger partial charge on any atom is -0.370 e. The molecule has 2 amide bonds. The molecule has 34 heavy (non-hydrogen) atoms. The van der Waals surface area contributed by atoms with Crippen molar-refractivity contribution >= 4 is 50.8 Å². The summed E-state index contributed by atoms with van der Waals surface area (Å²) in [5.74, 6) is -1.32. The number of fused-ring (bicyclic) bond motifs is 1. The number of carbonyl (C=O) groups is 2. The molecule has 0 atom stereocenters. The molecule has 7 nitrogen and oxygen atoms in total. The van der Waals surface area contributed by atoms with Gasteiger partial charge in [-0.2, -0.15) is 0 Å². The molecule has 4 aromatic rings. The van der Waals surface area contributed by atoms with E-state index >= 15 is 0 Å². The monoisotopic (exact) mass is 496 g/mol. The Morgan fingerprint density at radius 2 is 1.85 bits per heavy atom. The number of halogens is 1. The Hall–Kier alpha value is -3.50. The van der Waals surface area contributed by atoms with Crippen molar-refractivity contribution in [1.82, 2.24) is 9.55 Å². The third-order valence-electron chi connectivity index (χ3n) is 5.20. The number of hydrogen-bond acceptors (Lipinski definition) is 6. The van der Waals surface area contributed by atoms with Crippen molar-refractivity contribution in [3.8, 4) is 11.1 Å². The molecule has 2 N–H and O–H groups in total. The third kappa shape index (κ3) is 5.02. The Morgan fingerprint density at radius 1 is 1.15 bits per heavy atom. The van der Waals surface area contributed by atoms with Gasteiger partial charge >= 0.3 is 0 Å². The second-order valence-corrected chi connectivity index (χ2v) is 9.28. The van der Waals surface area contributed by atoms with Crippen molar-refractivity contribution in [3.05, 3.63) is 76.1 Å². The zero-order valence-electron chi connectivity index (χ0n) is 18.2. The summed E-state index contributed by atoms with van der Waals surface area (Å²) in [4.78, 5) is 44.0. The molecule has 0 unspecified atom stereocenters. The average molecular weight is 497 g/mol.